The van der Waals surface area contributed by atoms with Gasteiger partial charge in [-0.25, -0.2) is 0 Å². The van der Waals surface area contributed by atoms with E-state index in [9.17, 15) is 9.59 Å². The van der Waals surface area contributed by atoms with Crippen LogP contribution in [-0.2, 0) is 13.2 Å². The summed E-state index contributed by atoms with van der Waals surface area (Å²) in [5.74, 6) is 1.21. The summed E-state index contributed by atoms with van der Waals surface area (Å²) in [6.07, 6.45) is 14.1. The van der Waals surface area contributed by atoms with E-state index in [1.807, 2.05) is 12.1 Å². The van der Waals surface area contributed by atoms with Gasteiger partial charge in [0.2, 0.25) is 0 Å². The van der Waals surface area contributed by atoms with E-state index in [0.29, 0.717) is 17.7 Å². The molecule has 3 aliphatic rings. The van der Waals surface area contributed by atoms with Gasteiger partial charge in [-0.05, 0) is 86.1 Å². The number of benzene rings is 1. The molecule has 1 N–H and O–H groups in total. The number of imide groups is 1. The van der Waals surface area contributed by atoms with Crippen molar-refractivity contribution < 1.29 is 14.7 Å². The molecule has 2 aromatic heterocycles. The quantitative estimate of drug-likeness (QED) is 0.379. The molecule has 3 aromatic rings. The Labute approximate surface area is 207 Å². The number of rotatable bonds is 7. The van der Waals surface area contributed by atoms with Crippen molar-refractivity contribution in [1.29, 1.82) is 0 Å². The van der Waals surface area contributed by atoms with Gasteiger partial charge in [-0.3, -0.25) is 14.5 Å². The van der Waals surface area contributed by atoms with Crippen LogP contribution in [0.25, 0.3) is 12.2 Å². The van der Waals surface area contributed by atoms with E-state index in [-0.39, 0.29) is 18.4 Å². The number of aliphatic hydroxyl groups excluding tert-OH is 1. The molecule has 2 amide bonds. The third kappa shape index (κ3) is 5.63. The van der Waals surface area contributed by atoms with Crippen LogP contribution in [0, 0.1) is 11.8 Å². The maximum atomic E-state index is 12.3. The third-order valence-electron chi connectivity index (χ3n) is 6.02. The largest absolute Gasteiger partial charge is 0.391 e. The summed E-state index contributed by atoms with van der Waals surface area (Å²) in [6, 6.07) is 15.1. The molecule has 2 aliphatic carbocycles. The van der Waals surface area contributed by atoms with Gasteiger partial charge in [-0.1, -0.05) is 24.3 Å². The molecule has 2 saturated carbocycles. The fourth-order valence-electron chi connectivity index (χ4n) is 3.72. The van der Waals surface area contributed by atoms with Gasteiger partial charge in [-0.15, -0.1) is 22.7 Å². The normalized spacial score (nSPS) is 17.5. The van der Waals surface area contributed by atoms with Gasteiger partial charge >= 0.3 is 0 Å². The number of hydrogen-bond donors (Lipinski definition) is 1. The third-order valence-corrected chi connectivity index (χ3v) is 8.09. The molecule has 0 spiro atoms. The predicted molar refractivity (Wildman–Crippen MR) is 139 cm³/mol. The lowest BCUT2D eigenvalue weighted by molar-refractivity contribution is 0.0644. The first kappa shape index (κ1) is 23.0. The van der Waals surface area contributed by atoms with Crippen LogP contribution in [0.5, 0.6) is 0 Å². The molecule has 174 valence electrons. The van der Waals surface area contributed by atoms with Crippen LogP contribution in [0.15, 0.2) is 60.7 Å². The molecule has 2 fully saturated rings. The summed E-state index contributed by atoms with van der Waals surface area (Å²) < 4.78 is 0. The Balaban J connectivity index is 0.000000169. The summed E-state index contributed by atoms with van der Waals surface area (Å²) in [4.78, 5) is 30.5. The predicted octanol–water partition coefficient (Wildman–Crippen LogP) is 6.63. The van der Waals surface area contributed by atoms with Crippen LogP contribution in [-0.4, -0.2) is 21.8 Å². The van der Waals surface area contributed by atoms with Crippen LogP contribution in [0.2, 0.25) is 0 Å². The minimum absolute atomic E-state index is 0.169. The molecule has 34 heavy (non-hydrogen) atoms. The van der Waals surface area contributed by atoms with E-state index in [4.69, 9.17) is 5.11 Å². The number of nitrogens with zero attached hydrogens (tertiary/aromatic N) is 1. The standard InChI is InChI=1S/C18H15NO2S.C10H12OS/c20-17-15-3-1-2-4-16(15)18(21)19(17)11-14-10-9-13(22-14)8-7-12-5-6-12;11-7-10-6-5-9(12-10)4-3-8-1-2-8/h1-4,7-10,12H,5-6,11H2;3-6,8,11H,1-2,7H2. The Bertz CT molecular complexity index is 1210. The zero-order valence-corrected chi connectivity index (χ0v) is 20.5. The second kappa shape index (κ2) is 10.2. The topological polar surface area (TPSA) is 57.6 Å². The highest BCUT2D eigenvalue weighted by Crippen LogP contribution is 2.33. The molecule has 0 radical (unpaired) electrons. The maximum Gasteiger partial charge on any atom is 0.261 e. The lowest BCUT2D eigenvalue weighted by Crippen LogP contribution is -2.28. The second-order valence-electron chi connectivity index (χ2n) is 8.90. The van der Waals surface area contributed by atoms with Crippen molar-refractivity contribution in [3.63, 3.8) is 0 Å². The lowest BCUT2D eigenvalue weighted by atomic mass is 10.1. The van der Waals surface area contributed by atoms with Gasteiger partial charge in [0.1, 0.15) is 0 Å². The highest BCUT2D eigenvalue weighted by Gasteiger charge is 2.35. The molecular weight excluding hydrogens is 462 g/mol. The fourth-order valence-corrected chi connectivity index (χ4v) is 5.42. The lowest BCUT2D eigenvalue weighted by Gasteiger charge is -2.11. The smallest absolute Gasteiger partial charge is 0.261 e. The summed E-state index contributed by atoms with van der Waals surface area (Å²) in [6.45, 7) is 0.524. The molecule has 4 nitrogen and oxygen atoms in total. The second-order valence-corrected chi connectivity index (χ2v) is 11.3. The zero-order chi connectivity index (χ0) is 23.5. The first-order chi connectivity index (χ1) is 16.6. The van der Waals surface area contributed by atoms with Gasteiger partial charge in [0.15, 0.2) is 0 Å². The van der Waals surface area contributed by atoms with E-state index in [1.54, 1.807) is 46.9 Å². The Morgan fingerprint density at radius 3 is 1.74 bits per heavy atom. The van der Waals surface area contributed by atoms with Crippen molar-refractivity contribution in [3.8, 4) is 0 Å². The summed E-state index contributed by atoms with van der Waals surface area (Å²) in [5.41, 5.74) is 1.02. The SMILES string of the molecule is O=C1c2ccccc2C(=O)N1Cc1ccc(C=CC2CC2)s1.OCc1ccc(C=CC2CC2)s1. The van der Waals surface area contributed by atoms with Crippen LogP contribution in [0.4, 0.5) is 0 Å². The Kier molecular flexibility index (Phi) is 6.90. The average molecular weight is 490 g/mol. The van der Waals surface area contributed by atoms with Crippen molar-refractivity contribution in [2.24, 2.45) is 11.8 Å². The first-order valence-corrected chi connectivity index (χ1v) is 13.3. The van der Waals surface area contributed by atoms with Crippen LogP contribution < -0.4 is 0 Å². The molecule has 0 bridgehead atoms. The number of allylic oxidation sites excluding steroid dienone is 2. The maximum absolute atomic E-state index is 12.3. The molecule has 0 unspecified atom stereocenters. The molecule has 0 saturated heterocycles. The van der Waals surface area contributed by atoms with E-state index in [1.165, 1.54) is 40.3 Å². The molecule has 1 aliphatic heterocycles. The Morgan fingerprint density at radius 2 is 1.26 bits per heavy atom. The molecule has 6 rings (SSSR count). The van der Waals surface area contributed by atoms with Crippen molar-refractivity contribution in [1.82, 2.24) is 4.90 Å². The van der Waals surface area contributed by atoms with Crippen LogP contribution >= 0.6 is 22.7 Å². The van der Waals surface area contributed by atoms with E-state index in [0.717, 1.165) is 21.6 Å². The molecule has 3 heterocycles. The van der Waals surface area contributed by atoms with Crippen molar-refractivity contribution in [2.75, 3.05) is 0 Å². The molecule has 0 atom stereocenters. The summed E-state index contributed by atoms with van der Waals surface area (Å²) in [5, 5.41) is 8.83. The minimum atomic E-state index is -0.191. The fraction of sp³-hybridized carbons (Fsp3) is 0.286. The summed E-state index contributed by atoms with van der Waals surface area (Å²) >= 11 is 3.31. The number of amides is 2. The van der Waals surface area contributed by atoms with E-state index < -0.39 is 0 Å². The Hall–Kier alpha value is -2.80. The number of aliphatic hydroxyl groups is 1. The van der Waals surface area contributed by atoms with Crippen molar-refractivity contribution >= 4 is 46.6 Å². The number of thiophene rings is 2. The number of carbonyl (C=O) groups is 2. The average Bonchev–Trinajstić information content (AvgIpc) is 3.77. The summed E-state index contributed by atoms with van der Waals surface area (Å²) in [7, 11) is 0. The molecule has 1 aromatic carbocycles. The zero-order valence-electron chi connectivity index (χ0n) is 18.9. The van der Waals surface area contributed by atoms with Crippen molar-refractivity contribution in [2.45, 2.75) is 38.8 Å². The van der Waals surface area contributed by atoms with Gasteiger partial charge in [0, 0.05) is 19.5 Å². The number of carbonyl (C=O) groups excluding carboxylic acids is 2. The Morgan fingerprint density at radius 1 is 0.765 bits per heavy atom. The minimum Gasteiger partial charge on any atom is -0.391 e. The van der Waals surface area contributed by atoms with E-state index in [2.05, 4.69) is 36.4 Å². The first-order valence-electron chi connectivity index (χ1n) is 11.7. The van der Waals surface area contributed by atoms with Gasteiger partial charge in [0.25, 0.3) is 11.8 Å². The van der Waals surface area contributed by atoms with Gasteiger partial charge in [0.05, 0.1) is 24.3 Å². The van der Waals surface area contributed by atoms with Gasteiger partial charge in [-0.2, -0.15) is 0 Å². The van der Waals surface area contributed by atoms with E-state index >= 15 is 0 Å². The molecule has 6 heteroatoms. The highest BCUT2D eigenvalue weighted by molar-refractivity contribution is 7.13. The number of hydrogen-bond acceptors (Lipinski definition) is 5. The number of fused-ring (bicyclic) bond motifs is 1. The van der Waals surface area contributed by atoms with Crippen LogP contribution in [0.1, 0.15) is 65.9 Å². The highest BCUT2D eigenvalue weighted by atomic mass is 32.1. The van der Waals surface area contributed by atoms with Crippen molar-refractivity contribution in [3.05, 3.63) is 91.3 Å². The van der Waals surface area contributed by atoms with Gasteiger partial charge < -0.3 is 5.11 Å². The molecular formula is C28H27NO3S2. The van der Waals surface area contributed by atoms with Crippen LogP contribution in [0.3, 0.4) is 0 Å². The monoisotopic (exact) mass is 489 g/mol.